The molecule has 1 aliphatic carbocycles. The minimum atomic E-state index is 0.757. The van der Waals surface area contributed by atoms with Crippen molar-refractivity contribution in [2.45, 2.75) is 45.3 Å². The zero-order chi connectivity index (χ0) is 13.9. The molecule has 0 unspecified atom stereocenters. The monoisotopic (exact) mass is 272 g/mol. The Labute approximate surface area is 120 Å². The van der Waals surface area contributed by atoms with Gasteiger partial charge in [0.25, 0.3) is 0 Å². The number of hydrogen-bond donors (Lipinski definition) is 1. The van der Waals surface area contributed by atoms with Crippen molar-refractivity contribution >= 4 is 10.9 Å². The Morgan fingerprint density at radius 3 is 2.95 bits per heavy atom. The van der Waals surface area contributed by atoms with Crippen LogP contribution in [0.5, 0.6) is 0 Å². The third kappa shape index (κ3) is 3.05. The average Bonchev–Trinajstić information content (AvgIpc) is 3.21. The number of nitrogens with zero attached hydrogens (tertiary/aromatic N) is 1. The van der Waals surface area contributed by atoms with E-state index >= 15 is 0 Å². The predicted octanol–water partition coefficient (Wildman–Crippen LogP) is 3.24. The predicted molar refractivity (Wildman–Crippen MR) is 83.0 cm³/mol. The molecule has 1 heterocycles. The Hall–Kier alpha value is -1.32. The number of methoxy groups -OCH3 is 1. The van der Waals surface area contributed by atoms with Crippen molar-refractivity contribution in [3.8, 4) is 0 Å². The van der Waals surface area contributed by atoms with Gasteiger partial charge in [-0.1, -0.05) is 12.1 Å². The van der Waals surface area contributed by atoms with Crippen molar-refractivity contribution in [3.05, 3.63) is 35.5 Å². The van der Waals surface area contributed by atoms with Crippen LogP contribution in [-0.4, -0.2) is 24.3 Å². The fraction of sp³-hybridized carbons (Fsp3) is 0.529. The van der Waals surface area contributed by atoms with Gasteiger partial charge in [0.2, 0.25) is 0 Å². The number of aryl methyl sites for hydroxylation is 2. The quantitative estimate of drug-likeness (QED) is 0.783. The molecule has 3 rings (SSSR count). The van der Waals surface area contributed by atoms with Gasteiger partial charge < -0.3 is 14.6 Å². The Kier molecular flexibility index (Phi) is 4.08. The molecule has 0 bridgehead atoms. The molecule has 1 fully saturated rings. The second kappa shape index (κ2) is 5.98. The summed E-state index contributed by atoms with van der Waals surface area (Å²) in [5, 5.41) is 5.01. The molecule has 1 aromatic heterocycles. The first-order chi connectivity index (χ1) is 9.78. The summed E-state index contributed by atoms with van der Waals surface area (Å²) >= 11 is 0. The maximum absolute atomic E-state index is 5.17. The first-order valence-corrected chi connectivity index (χ1v) is 7.58. The number of aromatic nitrogens is 1. The second-order valence-electron chi connectivity index (χ2n) is 5.87. The van der Waals surface area contributed by atoms with Gasteiger partial charge in [-0.05, 0) is 43.4 Å². The molecular weight excluding hydrogens is 248 g/mol. The van der Waals surface area contributed by atoms with E-state index in [1.165, 1.54) is 34.9 Å². The lowest BCUT2D eigenvalue weighted by Gasteiger charge is -2.05. The zero-order valence-corrected chi connectivity index (χ0v) is 12.5. The fourth-order valence-corrected chi connectivity index (χ4v) is 2.72. The summed E-state index contributed by atoms with van der Waals surface area (Å²) in [6, 6.07) is 7.53. The van der Waals surface area contributed by atoms with Crippen LogP contribution < -0.4 is 5.32 Å². The van der Waals surface area contributed by atoms with Gasteiger partial charge in [0, 0.05) is 49.9 Å². The van der Waals surface area contributed by atoms with Crippen LogP contribution >= 0.6 is 0 Å². The largest absolute Gasteiger partial charge is 0.385 e. The molecule has 1 aromatic carbocycles. The molecule has 1 aliphatic rings. The van der Waals surface area contributed by atoms with E-state index in [1.807, 2.05) is 0 Å². The van der Waals surface area contributed by atoms with Crippen molar-refractivity contribution in [2.75, 3.05) is 13.7 Å². The maximum Gasteiger partial charge on any atom is 0.0486 e. The molecule has 2 aromatic rings. The van der Waals surface area contributed by atoms with Crippen molar-refractivity contribution in [1.82, 2.24) is 9.88 Å². The van der Waals surface area contributed by atoms with E-state index in [0.717, 1.165) is 32.2 Å². The molecule has 0 radical (unpaired) electrons. The highest BCUT2D eigenvalue weighted by molar-refractivity contribution is 5.84. The maximum atomic E-state index is 5.17. The molecule has 0 aliphatic heterocycles. The molecule has 108 valence electrons. The van der Waals surface area contributed by atoms with Gasteiger partial charge in [0.05, 0.1) is 0 Å². The summed E-state index contributed by atoms with van der Waals surface area (Å²) < 4.78 is 7.55. The molecule has 0 spiro atoms. The van der Waals surface area contributed by atoms with Gasteiger partial charge in [0.1, 0.15) is 0 Å². The van der Waals surface area contributed by atoms with Crippen LogP contribution in [-0.2, 0) is 17.8 Å². The Morgan fingerprint density at radius 2 is 2.20 bits per heavy atom. The Morgan fingerprint density at radius 1 is 1.35 bits per heavy atom. The number of rotatable bonds is 7. The van der Waals surface area contributed by atoms with Crippen molar-refractivity contribution in [3.63, 3.8) is 0 Å². The highest BCUT2D eigenvalue weighted by atomic mass is 16.5. The van der Waals surface area contributed by atoms with Crippen LogP contribution in [0.1, 0.15) is 30.4 Å². The smallest absolute Gasteiger partial charge is 0.0486 e. The summed E-state index contributed by atoms with van der Waals surface area (Å²) in [5.41, 5.74) is 4.10. The molecule has 0 atom stereocenters. The highest BCUT2D eigenvalue weighted by Crippen LogP contribution is 2.25. The topological polar surface area (TPSA) is 26.2 Å². The summed E-state index contributed by atoms with van der Waals surface area (Å²) in [6.45, 7) is 4.99. The molecular formula is C17H24N2O. The Balaban J connectivity index is 1.84. The Bertz CT molecular complexity index is 584. The summed E-state index contributed by atoms with van der Waals surface area (Å²) in [7, 11) is 1.77. The van der Waals surface area contributed by atoms with Crippen molar-refractivity contribution in [2.24, 2.45) is 0 Å². The average molecular weight is 272 g/mol. The molecule has 0 amide bonds. The van der Waals surface area contributed by atoms with E-state index in [2.05, 4.69) is 41.2 Å². The van der Waals surface area contributed by atoms with Crippen LogP contribution in [0, 0.1) is 6.92 Å². The molecule has 1 N–H and O–H groups in total. The highest BCUT2D eigenvalue weighted by Gasteiger charge is 2.20. The number of hydrogen-bond acceptors (Lipinski definition) is 2. The van der Waals surface area contributed by atoms with E-state index in [-0.39, 0.29) is 0 Å². The van der Waals surface area contributed by atoms with Crippen LogP contribution in [0.25, 0.3) is 10.9 Å². The second-order valence-corrected chi connectivity index (χ2v) is 5.87. The van der Waals surface area contributed by atoms with E-state index in [9.17, 15) is 0 Å². The fourth-order valence-electron chi connectivity index (χ4n) is 2.72. The third-order valence-electron chi connectivity index (χ3n) is 4.03. The van der Waals surface area contributed by atoms with E-state index in [1.54, 1.807) is 7.11 Å². The standard InChI is InChI=1S/C17H24N2O/c1-13-4-7-16-14(11-18-15-5-6-15)12-19(17(16)10-13)8-3-9-20-2/h4,7,10,12,15,18H,3,5-6,8-9,11H2,1-2H3. The first-order valence-electron chi connectivity index (χ1n) is 7.58. The first kappa shape index (κ1) is 13.7. The van der Waals surface area contributed by atoms with Gasteiger partial charge in [-0.15, -0.1) is 0 Å². The minimum absolute atomic E-state index is 0.757. The third-order valence-corrected chi connectivity index (χ3v) is 4.03. The van der Waals surface area contributed by atoms with Crippen LogP contribution in [0.3, 0.4) is 0 Å². The number of nitrogens with one attached hydrogen (secondary N) is 1. The van der Waals surface area contributed by atoms with Gasteiger partial charge in [0.15, 0.2) is 0 Å². The van der Waals surface area contributed by atoms with E-state index < -0.39 is 0 Å². The van der Waals surface area contributed by atoms with Gasteiger partial charge in [-0.2, -0.15) is 0 Å². The van der Waals surface area contributed by atoms with Gasteiger partial charge >= 0.3 is 0 Å². The summed E-state index contributed by atoms with van der Waals surface area (Å²) in [6.07, 6.45) is 6.05. The van der Waals surface area contributed by atoms with Gasteiger partial charge in [-0.25, -0.2) is 0 Å². The molecule has 0 saturated heterocycles. The number of fused-ring (bicyclic) bond motifs is 1. The van der Waals surface area contributed by atoms with Crippen molar-refractivity contribution < 1.29 is 4.74 Å². The molecule has 3 heteroatoms. The minimum Gasteiger partial charge on any atom is -0.385 e. The van der Waals surface area contributed by atoms with E-state index in [0.29, 0.717) is 0 Å². The SMILES string of the molecule is COCCCn1cc(CNC2CC2)c2ccc(C)cc21. The number of ether oxygens (including phenoxy) is 1. The molecule has 1 saturated carbocycles. The summed E-state index contributed by atoms with van der Waals surface area (Å²) in [5.74, 6) is 0. The zero-order valence-electron chi connectivity index (χ0n) is 12.5. The summed E-state index contributed by atoms with van der Waals surface area (Å²) in [4.78, 5) is 0. The van der Waals surface area contributed by atoms with Crippen LogP contribution in [0.4, 0.5) is 0 Å². The molecule has 3 nitrogen and oxygen atoms in total. The van der Waals surface area contributed by atoms with E-state index in [4.69, 9.17) is 4.74 Å². The van der Waals surface area contributed by atoms with Gasteiger partial charge in [-0.3, -0.25) is 0 Å². The number of benzene rings is 1. The molecule has 20 heavy (non-hydrogen) atoms. The van der Waals surface area contributed by atoms with Crippen LogP contribution in [0.15, 0.2) is 24.4 Å². The lowest BCUT2D eigenvalue weighted by molar-refractivity contribution is 0.190. The normalized spacial score (nSPS) is 15.1. The lowest BCUT2D eigenvalue weighted by atomic mass is 10.1. The van der Waals surface area contributed by atoms with Crippen LogP contribution in [0.2, 0.25) is 0 Å². The van der Waals surface area contributed by atoms with Crippen molar-refractivity contribution in [1.29, 1.82) is 0 Å². The lowest BCUT2D eigenvalue weighted by Crippen LogP contribution is -2.14.